The van der Waals surface area contributed by atoms with Crippen molar-refractivity contribution in [2.24, 2.45) is 5.92 Å². The van der Waals surface area contributed by atoms with Gasteiger partial charge in [0, 0.05) is 30.1 Å². The summed E-state index contributed by atoms with van der Waals surface area (Å²) in [7, 11) is 0. The molecule has 0 amide bonds. The Morgan fingerprint density at radius 2 is 2.04 bits per heavy atom. The van der Waals surface area contributed by atoms with E-state index in [9.17, 15) is 0 Å². The Kier molecular flexibility index (Phi) is 6.95. The van der Waals surface area contributed by atoms with Crippen molar-refractivity contribution in [1.82, 2.24) is 15.3 Å². The first-order valence-corrected chi connectivity index (χ1v) is 8.42. The molecule has 1 aromatic carbocycles. The van der Waals surface area contributed by atoms with Gasteiger partial charge in [0.2, 0.25) is 0 Å². The fourth-order valence-corrected chi connectivity index (χ4v) is 2.64. The van der Waals surface area contributed by atoms with Gasteiger partial charge in [0.15, 0.2) is 5.82 Å². The van der Waals surface area contributed by atoms with E-state index < -0.39 is 0 Å². The Bertz CT molecular complexity index is 605. The molecular formula is C20H27N3. The van der Waals surface area contributed by atoms with Crippen LogP contribution in [0.2, 0.25) is 0 Å². The second-order valence-corrected chi connectivity index (χ2v) is 6.05. The van der Waals surface area contributed by atoms with Crippen LogP contribution >= 0.6 is 0 Å². The van der Waals surface area contributed by atoms with Crippen LogP contribution in [-0.4, -0.2) is 16.5 Å². The lowest BCUT2D eigenvalue weighted by molar-refractivity contribution is 0.455. The van der Waals surface area contributed by atoms with Crippen molar-refractivity contribution in [2.75, 3.05) is 6.54 Å². The molecule has 1 N–H and O–H groups in total. The predicted molar refractivity (Wildman–Crippen MR) is 97.1 cm³/mol. The highest BCUT2D eigenvalue weighted by molar-refractivity contribution is 5.55. The molecule has 1 heterocycles. The molecular weight excluding hydrogens is 282 g/mol. The molecule has 1 unspecified atom stereocenters. The maximum atomic E-state index is 4.49. The van der Waals surface area contributed by atoms with Crippen molar-refractivity contribution in [1.29, 1.82) is 0 Å². The Balaban J connectivity index is 1.82. The van der Waals surface area contributed by atoms with Gasteiger partial charge in [-0.15, -0.1) is 6.58 Å². The predicted octanol–water partition coefficient (Wildman–Crippen LogP) is 4.53. The van der Waals surface area contributed by atoms with Crippen LogP contribution in [0.3, 0.4) is 0 Å². The fourth-order valence-electron chi connectivity index (χ4n) is 2.64. The number of hydrogen-bond donors (Lipinski definition) is 1. The summed E-state index contributed by atoms with van der Waals surface area (Å²) >= 11 is 0. The van der Waals surface area contributed by atoms with Crippen molar-refractivity contribution in [3.63, 3.8) is 0 Å². The lowest BCUT2D eigenvalue weighted by atomic mass is 9.99. The number of aromatic nitrogens is 2. The lowest BCUT2D eigenvalue weighted by Gasteiger charge is -2.12. The van der Waals surface area contributed by atoms with Gasteiger partial charge in [-0.2, -0.15) is 0 Å². The number of nitrogens with zero attached hydrogens (tertiary/aromatic N) is 2. The summed E-state index contributed by atoms with van der Waals surface area (Å²) in [5, 5.41) is 3.48. The number of hydrogen-bond acceptors (Lipinski definition) is 3. The monoisotopic (exact) mass is 309 g/mol. The summed E-state index contributed by atoms with van der Waals surface area (Å²) in [6, 6.07) is 8.27. The molecule has 0 radical (unpaired) electrons. The summed E-state index contributed by atoms with van der Waals surface area (Å²) in [6.45, 7) is 9.99. The lowest BCUT2D eigenvalue weighted by Crippen LogP contribution is -2.17. The molecule has 0 bridgehead atoms. The van der Waals surface area contributed by atoms with Gasteiger partial charge in [-0.3, -0.25) is 0 Å². The van der Waals surface area contributed by atoms with Crippen LogP contribution in [-0.2, 0) is 6.54 Å². The van der Waals surface area contributed by atoms with Crippen LogP contribution in [0.15, 0.2) is 49.3 Å². The van der Waals surface area contributed by atoms with E-state index in [4.69, 9.17) is 0 Å². The van der Waals surface area contributed by atoms with Crippen LogP contribution < -0.4 is 5.32 Å². The zero-order valence-corrected chi connectivity index (χ0v) is 14.3. The molecule has 3 heteroatoms. The van der Waals surface area contributed by atoms with Crippen molar-refractivity contribution >= 4 is 0 Å². The first kappa shape index (κ1) is 17.4. The van der Waals surface area contributed by atoms with Crippen LogP contribution in [0.4, 0.5) is 0 Å². The normalized spacial score (nSPS) is 12.1. The molecule has 0 aliphatic heterocycles. The Morgan fingerprint density at radius 3 is 2.70 bits per heavy atom. The third kappa shape index (κ3) is 5.61. The first-order chi connectivity index (χ1) is 11.2. The van der Waals surface area contributed by atoms with E-state index in [1.165, 1.54) is 18.4 Å². The summed E-state index contributed by atoms with van der Waals surface area (Å²) < 4.78 is 0. The molecule has 3 nitrogen and oxygen atoms in total. The molecule has 2 rings (SSSR count). The molecule has 2 aromatic rings. The number of benzene rings is 1. The molecule has 0 saturated carbocycles. The van der Waals surface area contributed by atoms with Crippen molar-refractivity contribution in [2.45, 2.75) is 39.7 Å². The van der Waals surface area contributed by atoms with Gasteiger partial charge in [0.25, 0.3) is 0 Å². The van der Waals surface area contributed by atoms with E-state index in [1.807, 2.05) is 30.6 Å². The first-order valence-electron chi connectivity index (χ1n) is 8.42. The highest BCUT2D eigenvalue weighted by Gasteiger charge is 2.04. The summed E-state index contributed by atoms with van der Waals surface area (Å²) in [5.41, 5.74) is 3.42. The number of nitrogens with one attached hydrogen (secondary N) is 1. The second kappa shape index (κ2) is 9.21. The third-order valence-electron chi connectivity index (χ3n) is 4.12. The van der Waals surface area contributed by atoms with Gasteiger partial charge in [-0.25, -0.2) is 9.97 Å². The summed E-state index contributed by atoms with van der Waals surface area (Å²) in [4.78, 5) is 8.97. The van der Waals surface area contributed by atoms with Gasteiger partial charge in [-0.1, -0.05) is 43.2 Å². The zero-order valence-electron chi connectivity index (χ0n) is 14.3. The standard InChI is InChI=1S/C20H27N3/c1-4-7-17(5-2)10-11-21-13-18-14-22-20(23-15-18)19-9-6-8-16(3)12-19/h4,6,8-9,12,14-15,17,21H,1,5,7,10-11,13H2,2-3H3. The van der Waals surface area contributed by atoms with Crippen molar-refractivity contribution < 1.29 is 0 Å². The minimum Gasteiger partial charge on any atom is -0.313 e. The maximum absolute atomic E-state index is 4.49. The topological polar surface area (TPSA) is 37.8 Å². The van der Waals surface area contributed by atoms with Crippen LogP contribution in [0.1, 0.15) is 37.3 Å². The largest absolute Gasteiger partial charge is 0.313 e. The van der Waals surface area contributed by atoms with Crippen molar-refractivity contribution in [3.05, 3.63) is 60.4 Å². The number of rotatable bonds is 9. The van der Waals surface area contributed by atoms with E-state index in [-0.39, 0.29) is 0 Å². The van der Waals surface area contributed by atoms with Gasteiger partial charge in [0.05, 0.1) is 0 Å². The fraction of sp³-hybridized carbons (Fsp3) is 0.400. The molecule has 0 spiro atoms. The average molecular weight is 309 g/mol. The van der Waals surface area contributed by atoms with E-state index in [2.05, 4.69) is 47.8 Å². The molecule has 1 atom stereocenters. The Labute approximate surface area is 139 Å². The quantitative estimate of drug-likeness (QED) is 0.546. The van der Waals surface area contributed by atoms with Crippen LogP contribution in [0.5, 0.6) is 0 Å². The number of allylic oxidation sites excluding steroid dienone is 1. The Hall–Kier alpha value is -2.00. The molecule has 122 valence electrons. The smallest absolute Gasteiger partial charge is 0.159 e. The van der Waals surface area contributed by atoms with E-state index in [0.29, 0.717) is 0 Å². The number of aryl methyl sites for hydroxylation is 1. The van der Waals surface area contributed by atoms with Gasteiger partial charge < -0.3 is 5.32 Å². The molecule has 0 aliphatic carbocycles. The highest BCUT2D eigenvalue weighted by Crippen LogP contribution is 2.16. The Morgan fingerprint density at radius 1 is 1.26 bits per heavy atom. The van der Waals surface area contributed by atoms with Crippen molar-refractivity contribution in [3.8, 4) is 11.4 Å². The van der Waals surface area contributed by atoms with E-state index in [1.54, 1.807) is 0 Å². The van der Waals surface area contributed by atoms with Gasteiger partial charge in [-0.05, 0) is 38.3 Å². The van der Waals surface area contributed by atoms with Gasteiger partial charge >= 0.3 is 0 Å². The zero-order chi connectivity index (χ0) is 16.5. The highest BCUT2D eigenvalue weighted by atomic mass is 14.9. The van der Waals surface area contributed by atoms with Crippen LogP contribution in [0, 0.1) is 12.8 Å². The summed E-state index contributed by atoms with van der Waals surface area (Å²) in [5.74, 6) is 1.52. The van der Waals surface area contributed by atoms with Crippen LogP contribution in [0.25, 0.3) is 11.4 Å². The average Bonchev–Trinajstić information content (AvgIpc) is 2.58. The van der Waals surface area contributed by atoms with Gasteiger partial charge in [0.1, 0.15) is 0 Å². The maximum Gasteiger partial charge on any atom is 0.159 e. The molecule has 0 fully saturated rings. The second-order valence-electron chi connectivity index (χ2n) is 6.05. The molecule has 0 aliphatic rings. The third-order valence-corrected chi connectivity index (χ3v) is 4.12. The molecule has 1 aromatic heterocycles. The molecule has 0 saturated heterocycles. The van der Waals surface area contributed by atoms with E-state index >= 15 is 0 Å². The minimum absolute atomic E-state index is 0.736. The van der Waals surface area contributed by atoms with E-state index in [0.717, 1.165) is 42.4 Å². The SMILES string of the molecule is C=CCC(CC)CCNCc1cnc(-c2cccc(C)c2)nc1. The summed E-state index contributed by atoms with van der Waals surface area (Å²) in [6.07, 6.45) is 9.35. The minimum atomic E-state index is 0.736. The molecule has 23 heavy (non-hydrogen) atoms.